The van der Waals surface area contributed by atoms with E-state index in [0.29, 0.717) is 17.5 Å². The second-order valence-electron chi connectivity index (χ2n) is 6.88. The first kappa shape index (κ1) is 21.0. The molecule has 2 aromatic rings. The van der Waals surface area contributed by atoms with E-state index in [1.54, 1.807) is 42.5 Å². The summed E-state index contributed by atoms with van der Waals surface area (Å²) in [6.07, 6.45) is 4.07. The van der Waals surface area contributed by atoms with Gasteiger partial charge in [-0.15, -0.1) is 0 Å². The molecule has 146 valence electrons. The number of ketones is 1. The number of benzene rings is 2. The predicted molar refractivity (Wildman–Crippen MR) is 114 cm³/mol. The summed E-state index contributed by atoms with van der Waals surface area (Å²) in [6, 6.07) is 14.3. The van der Waals surface area contributed by atoms with Crippen LogP contribution in [0.3, 0.4) is 0 Å². The van der Waals surface area contributed by atoms with Crippen molar-refractivity contribution in [3.05, 3.63) is 80.8 Å². The maximum absolute atomic E-state index is 13.5. The number of esters is 1. The summed E-state index contributed by atoms with van der Waals surface area (Å²) >= 11 is 6.77. The first-order chi connectivity index (χ1) is 13.3. The van der Waals surface area contributed by atoms with Crippen LogP contribution >= 0.6 is 31.9 Å². The van der Waals surface area contributed by atoms with Crippen LogP contribution in [0.25, 0.3) is 0 Å². The summed E-state index contributed by atoms with van der Waals surface area (Å²) in [5, 5.41) is 11.6. The SMILES string of the molecule is CC(=O)OC[C@@H]1CC=C[C@](O)(c2ccc(Br)cc2)[C@H]1C(=O)c1ccc(Br)cc1. The lowest BCUT2D eigenvalue weighted by Crippen LogP contribution is -2.46. The lowest BCUT2D eigenvalue weighted by Gasteiger charge is -2.40. The van der Waals surface area contributed by atoms with Gasteiger partial charge in [-0.3, -0.25) is 9.59 Å². The topological polar surface area (TPSA) is 63.6 Å². The van der Waals surface area contributed by atoms with Crippen molar-refractivity contribution in [1.82, 2.24) is 0 Å². The third kappa shape index (κ3) is 4.45. The van der Waals surface area contributed by atoms with Gasteiger partial charge in [0.2, 0.25) is 0 Å². The van der Waals surface area contributed by atoms with Crippen LogP contribution < -0.4 is 0 Å². The average molecular weight is 508 g/mol. The van der Waals surface area contributed by atoms with Gasteiger partial charge in [0.05, 0.1) is 12.5 Å². The van der Waals surface area contributed by atoms with Gasteiger partial charge in [-0.1, -0.05) is 68.3 Å². The van der Waals surface area contributed by atoms with Crippen molar-refractivity contribution in [3.63, 3.8) is 0 Å². The lowest BCUT2D eigenvalue weighted by atomic mass is 9.67. The summed E-state index contributed by atoms with van der Waals surface area (Å²) in [6.45, 7) is 1.41. The van der Waals surface area contributed by atoms with Crippen molar-refractivity contribution in [1.29, 1.82) is 0 Å². The molecule has 0 fully saturated rings. The van der Waals surface area contributed by atoms with E-state index in [2.05, 4.69) is 31.9 Å². The minimum Gasteiger partial charge on any atom is -0.466 e. The van der Waals surface area contributed by atoms with Crippen LogP contribution in [-0.2, 0) is 15.1 Å². The zero-order valence-corrected chi connectivity index (χ0v) is 18.4. The molecule has 6 heteroatoms. The normalized spacial score (nSPS) is 24.0. The lowest BCUT2D eigenvalue weighted by molar-refractivity contribution is -0.144. The van der Waals surface area contributed by atoms with Gasteiger partial charge in [0.15, 0.2) is 5.78 Å². The Balaban J connectivity index is 2.05. The first-order valence-electron chi connectivity index (χ1n) is 8.90. The molecule has 1 aliphatic carbocycles. The van der Waals surface area contributed by atoms with Gasteiger partial charge in [0.1, 0.15) is 5.60 Å². The average Bonchev–Trinajstić information content (AvgIpc) is 2.67. The Labute approximate surface area is 180 Å². The molecular weight excluding hydrogens is 488 g/mol. The molecule has 0 aliphatic heterocycles. The molecule has 28 heavy (non-hydrogen) atoms. The van der Waals surface area contributed by atoms with Gasteiger partial charge < -0.3 is 9.84 Å². The molecule has 4 nitrogen and oxygen atoms in total. The standard InChI is InChI=1S/C22H20Br2O4/c1-14(25)28-13-16-3-2-12-22(27,17-6-10-19(24)11-7-17)20(16)21(26)15-4-8-18(23)9-5-15/h2,4-12,16,20,27H,3,13H2,1H3/t16-,20+,22-/m0/s1. The highest BCUT2D eigenvalue weighted by Gasteiger charge is 2.47. The number of hydrogen-bond donors (Lipinski definition) is 1. The van der Waals surface area contributed by atoms with E-state index in [4.69, 9.17) is 4.74 Å². The molecule has 0 spiro atoms. The van der Waals surface area contributed by atoms with Crippen molar-refractivity contribution in [2.24, 2.45) is 11.8 Å². The fourth-order valence-electron chi connectivity index (χ4n) is 3.61. The van der Waals surface area contributed by atoms with Gasteiger partial charge in [-0.2, -0.15) is 0 Å². The number of rotatable bonds is 5. The Hall–Kier alpha value is -1.76. The van der Waals surface area contributed by atoms with Gasteiger partial charge in [0, 0.05) is 27.4 Å². The van der Waals surface area contributed by atoms with Gasteiger partial charge in [-0.25, -0.2) is 0 Å². The molecule has 1 aliphatic rings. The minimum absolute atomic E-state index is 0.0748. The van der Waals surface area contributed by atoms with Crippen molar-refractivity contribution < 1.29 is 19.4 Å². The minimum atomic E-state index is -1.49. The van der Waals surface area contributed by atoms with Crippen molar-refractivity contribution >= 4 is 43.6 Å². The van der Waals surface area contributed by atoms with Crippen LogP contribution in [-0.4, -0.2) is 23.5 Å². The van der Waals surface area contributed by atoms with Gasteiger partial charge in [0.25, 0.3) is 0 Å². The second-order valence-corrected chi connectivity index (χ2v) is 8.71. The van der Waals surface area contributed by atoms with E-state index in [0.717, 1.165) is 8.95 Å². The molecule has 0 aromatic heterocycles. The summed E-state index contributed by atoms with van der Waals surface area (Å²) in [5.41, 5.74) is -0.365. The summed E-state index contributed by atoms with van der Waals surface area (Å²) in [4.78, 5) is 24.8. The molecule has 0 unspecified atom stereocenters. The number of carbonyl (C=O) groups excluding carboxylic acids is 2. The molecule has 0 bridgehead atoms. The van der Waals surface area contributed by atoms with Crippen molar-refractivity contribution in [2.45, 2.75) is 18.9 Å². The molecule has 0 radical (unpaired) electrons. The Morgan fingerprint density at radius 1 is 1.07 bits per heavy atom. The predicted octanol–water partition coefficient (Wildman–Crippen LogP) is 5.04. The molecule has 0 saturated carbocycles. The molecule has 2 aromatic carbocycles. The van der Waals surface area contributed by atoms with Crippen LogP contribution in [0.5, 0.6) is 0 Å². The highest BCUT2D eigenvalue weighted by molar-refractivity contribution is 9.10. The first-order valence-corrected chi connectivity index (χ1v) is 10.5. The Kier molecular flexibility index (Phi) is 6.53. The summed E-state index contributed by atoms with van der Waals surface area (Å²) in [5.74, 6) is -1.70. The molecule has 1 N–H and O–H groups in total. The van der Waals surface area contributed by atoms with E-state index < -0.39 is 17.5 Å². The van der Waals surface area contributed by atoms with Crippen LogP contribution in [0, 0.1) is 11.8 Å². The van der Waals surface area contributed by atoms with E-state index in [-0.39, 0.29) is 18.3 Å². The molecule has 0 heterocycles. The fourth-order valence-corrected chi connectivity index (χ4v) is 4.14. The van der Waals surface area contributed by atoms with E-state index in [9.17, 15) is 14.7 Å². The molecular formula is C22H20Br2O4. The maximum atomic E-state index is 13.5. The summed E-state index contributed by atoms with van der Waals surface area (Å²) in [7, 11) is 0. The third-order valence-corrected chi connectivity index (χ3v) is 6.03. The Morgan fingerprint density at radius 2 is 1.64 bits per heavy atom. The van der Waals surface area contributed by atoms with Crippen molar-refractivity contribution in [3.8, 4) is 0 Å². The largest absolute Gasteiger partial charge is 0.466 e. The van der Waals surface area contributed by atoms with E-state index >= 15 is 0 Å². The van der Waals surface area contributed by atoms with E-state index in [1.807, 2.05) is 18.2 Å². The second kappa shape index (κ2) is 8.72. The monoisotopic (exact) mass is 506 g/mol. The van der Waals surface area contributed by atoms with Crippen LogP contribution in [0.2, 0.25) is 0 Å². The highest BCUT2D eigenvalue weighted by atomic mass is 79.9. The third-order valence-electron chi connectivity index (χ3n) is 4.97. The highest BCUT2D eigenvalue weighted by Crippen LogP contribution is 2.43. The number of Topliss-reactive ketones (excluding diaryl/α,β-unsaturated/α-hetero) is 1. The number of aliphatic hydroxyl groups is 1. The van der Waals surface area contributed by atoms with E-state index in [1.165, 1.54) is 6.92 Å². The molecule has 0 saturated heterocycles. The van der Waals surface area contributed by atoms with Crippen LogP contribution in [0.4, 0.5) is 0 Å². The fraction of sp³-hybridized carbons (Fsp3) is 0.273. The van der Waals surface area contributed by atoms with Crippen LogP contribution in [0.1, 0.15) is 29.3 Å². The number of ether oxygens (including phenoxy) is 1. The molecule has 0 amide bonds. The zero-order chi connectivity index (χ0) is 20.3. The number of carbonyl (C=O) groups is 2. The number of allylic oxidation sites excluding steroid dienone is 1. The Morgan fingerprint density at radius 3 is 2.21 bits per heavy atom. The molecule has 3 atom stereocenters. The zero-order valence-electron chi connectivity index (χ0n) is 15.3. The van der Waals surface area contributed by atoms with Crippen LogP contribution in [0.15, 0.2) is 69.6 Å². The molecule has 3 rings (SSSR count). The summed E-state index contributed by atoms with van der Waals surface area (Å²) < 4.78 is 6.96. The van der Waals surface area contributed by atoms with Gasteiger partial charge >= 0.3 is 5.97 Å². The number of halogens is 2. The van der Waals surface area contributed by atoms with Crippen molar-refractivity contribution in [2.75, 3.05) is 6.61 Å². The maximum Gasteiger partial charge on any atom is 0.302 e. The Bertz CT molecular complexity index is 890. The number of hydrogen-bond acceptors (Lipinski definition) is 4. The smallest absolute Gasteiger partial charge is 0.302 e. The van der Waals surface area contributed by atoms with Gasteiger partial charge in [-0.05, 0) is 36.2 Å². The quantitative estimate of drug-likeness (QED) is 0.350.